The van der Waals surface area contributed by atoms with E-state index >= 15 is 0 Å². The largest absolute Gasteiger partial charge is 0.482 e. The number of nitrogens with one attached hydrogen (secondary N) is 1. The number of benzene rings is 2. The molecule has 0 saturated carbocycles. The first-order valence-corrected chi connectivity index (χ1v) is 9.81. The Morgan fingerprint density at radius 1 is 1.25 bits per heavy atom. The minimum Gasteiger partial charge on any atom is -0.482 e. The van der Waals surface area contributed by atoms with Gasteiger partial charge < -0.3 is 19.7 Å². The highest BCUT2D eigenvalue weighted by Crippen LogP contribution is 2.34. The number of hydrogen-bond donors (Lipinski definition) is 1. The summed E-state index contributed by atoms with van der Waals surface area (Å²) >= 11 is 1.58. The number of hydrogen-bond acceptors (Lipinski definition) is 6. The highest BCUT2D eigenvalue weighted by Gasteiger charge is 2.32. The molecule has 3 heterocycles. The normalized spacial score (nSPS) is 19.1. The lowest BCUT2D eigenvalue weighted by atomic mass is 10.1. The first kappa shape index (κ1) is 17.2. The third-order valence-electron chi connectivity index (χ3n) is 4.84. The summed E-state index contributed by atoms with van der Waals surface area (Å²) in [5.41, 5.74) is 1.94. The molecular weight excluding hydrogens is 378 g/mol. The van der Waals surface area contributed by atoms with Gasteiger partial charge in [0.1, 0.15) is 16.8 Å². The molecular formula is C20H17N3O4S. The zero-order valence-corrected chi connectivity index (χ0v) is 15.7. The van der Waals surface area contributed by atoms with Gasteiger partial charge in [0.25, 0.3) is 11.8 Å². The van der Waals surface area contributed by atoms with E-state index in [1.54, 1.807) is 34.4 Å². The zero-order valence-electron chi connectivity index (χ0n) is 14.9. The number of carbonyl (C=O) groups is 2. The van der Waals surface area contributed by atoms with Crippen molar-refractivity contribution in [2.24, 2.45) is 0 Å². The average molecular weight is 395 g/mol. The molecule has 0 radical (unpaired) electrons. The Kier molecular flexibility index (Phi) is 4.22. The Morgan fingerprint density at radius 3 is 3.04 bits per heavy atom. The lowest BCUT2D eigenvalue weighted by Crippen LogP contribution is -2.43. The quantitative estimate of drug-likeness (QED) is 0.722. The van der Waals surface area contributed by atoms with Crippen molar-refractivity contribution >= 4 is 39.1 Å². The predicted octanol–water partition coefficient (Wildman–Crippen LogP) is 2.84. The molecule has 1 atom stereocenters. The van der Waals surface area contributed by atoms with Crippen molar-refractivity contribution < 1.29 is 19.1 Å². The van der Waals surface area contributed by atoms with Gasteiger partial charge >= 0.3 is 0 Å². The summed E-state index contributed by atoms with van der Waals surface area (Å²) in [6.07, 6.45) is 0. The summed E-state index contributed by atoms with van der Waals surface area (Å²) in [5.74, 6) is 0.229. The number of thiazole rings is 1. The van der Waals surface area contributed by atoms with Crippen LogP contribution in [0.1, 0.15) is 21.4 Å². The van der Waals surface area contributed by atoms with Gasteiger partial charge in [-0.15, -0.1) is 11.3 Å². The van der Waals surface area contributed by atoms with E-state index in [9.17, 15) is 9.59 Å². The predicted molar refractivity (Wildman–Crippen MR) is 105 cm³/mol. The molecule has 0 bridgehead atoms. The van der Waals surface area contributed by atoms with Gasteiger partial charge in [0.15, 0.2) is 6.61 Å². The van der Waals surface area contributed by atoms with Crippen molar-refractivity contribution in [3.63, 3.8) is 0 Å². The summed E-state index contributed by atoms with van der Waals surface area (Å²) < 4.78 is 12.1. The number of aromatic nitrogens is 1. The van der Waals surface area contributed by atoms with Crippen LogP contribution in [0.5, 0.6) is 5.75 Å². The van der Waals surface area contributed by atoms with Crippen molar-refractivity contribution in [3.05, 3.63) is 53.0 Å². The molecule has 1 saturated heterocycles. The molecule has 8 heteroatoms. The van der Waals surface area contributed by atoms with E-state index in [0.717, 1.165) is 15.2 Å². The van der Waals surface area contributed by atoms with Crippen LogP contribution in [-0.4, -0.2) is 48.1 Å². The maximum Gasteiger partial charge on any atom is 0.262 e. The van der Waals surface area contributed by atoms with Crippen molar-refractivity contribution in [2.75, 3.05) is 31.7 Å². The van der Waals surface area contributed by atoms with Crippen LogP contribution in [-0.2, 0) is 9.53 Å². The number of fused-ring (bicyclic) bond motifs is 2. The van der Waals surface area contributed by atoms with Crippen LogP contribution in [0.2, 0.25) is 0 Å². The van der Waals surface area contributed by atoms with E-state index < -0.39 is 0 Å². The summed E-state index contributed by atoms with van der Waals surface area (Å²) in [7, 11) is 0. The Labute approximate surface area is 164 Å². The number of anilines is 1. The van der Waals surface area contributed by atoms with E-state index in [4.69, 9.17) is 14.5 Å². The molecule has 2 aliphatic heterocycles. The van der Waals surface area contributed by atoms with Crippen molar-refractivity contribution in [3.8, 4) is 5.75 Å². The maximum atomic E-state index is 13.3. The standard InChI is InChI=1S/C20H17N3O4S/c24-18-11-27-16-6-5-12(9-14(16)21-18)20(25)23-7-8-26-10-15(23)19-22-13-3-1-2-4-17(13)28-19/h1-6,9,15H,7-8,10-11H2,(H,21,24). The van der Waals surface area contributed by atoms with Crippen molar-refractivity contribution in [1.29, 1.82) is 0 Å². The summed E-state index contributed by atoms with van der Waals surface area (Å²) in [6, 6.07) is 12.8. The van der Waals surface area contributed by atoms with Crippen molar-refractivity contribution in [2.45, 2.75) is 6.04 Å². The lowest BCUT2D eigenvalue weighted by molar-refractivity contribution is -0.118. The number of morpholine rings is 1. The molecule has 2 aromatic carbocycles. The van der Waals surface area contributed by atoms with Gasteiger partial charge in [-0.05, 0) is 30.3 Å². The number of amides is 2. The third kappa shape index (κ3) is 3.00. The first-order valence-electron chi connectivity index (χ1n) is 9.00. The van der Waals surface area contributed by atoms with Crippen LogP contribution in [0.25, 0.3) is 10.2 Å². The number of rotatable bonds is 2. The minimum atomic E-state index is -0.236. The molecule has 3 aromatic rings. The smallest absolute Gasteiger partial charge is 0.262 e. The Hall–Kier alpha value is -2.97. The highest BCUT2D eigenvalue weighted by atomic mass is 32.1. The highest BCUT2D eigenvalue weighted by molar-refractivity contribution is 7.18. The molecule has 2 amide bonds. The number of para-hydroxylation sites is 1. The van der Waals surface area contributed by atoms with Gasteiger partial charge in [-0.25, -0.2) is 4.98 Å². The van der Waals surface area contributed by atoms with E-state index in [1.807, 2.05) is 24.3 Å². The van der Waals surface area contributed by atoms with E-state index in [0.29, 0.717) is 36.8 Å². The van der Waals surface area contributed by atoms with Gasteiger partial charge in [-0.3, -0.25) is 9.59 Å². The Morgan fingerprint density at radius 2 is 2.14 bits per heavy atom. The molecule has 2 aliphatic rings. The van der Waals surface area contributed by atoms with Gasteiger partial charge in [0, 0.05) is 12.1 Å². The first-order chi connectivity index (χ1) is 13.7. The SMILES string of the molecule is O=C1COc2ccc(C(=O)N3CCOCC3c3nc4ccccc4s3)cc2N1. The van der Waals surface area contributed by atoms with E-state index in [1.165, 1.54) is 0 Å². The molecule has 1 aromatic heterocycles. The van der Waals surface area contributed by atoms with Crippen LogP contribution in [0.15, 0.2) is 42.5 Å². The monoisotopic (exact) mass is 395 g/mol. The number of nitrogens with zero attached hydrogens (tertiary/aromatic N) is 2. The summed E-state index contributed by atoms with van der Waals surface area (Å²) in [6.45, 7) is 1.37. The topological polar surface area (TPSA) is 80.8 Å². The van der Waals surface area contributed by atoms with Crippen LogP contribution < -0.4 is 10.1 Å². The van der Waals surface area contributed by atoms with Crippen LogP contribution in [0.3, 0.4) is 0 Å². The molecule has 7 nitrogen and oxygen atoms in total. The molecule has 0 spiro atoms. The number of ether oxygens (including phenoxy) is 2. The molecule has 1 fully saturated rings. The van der Waals surface area contributed by atoms with Crippen LogP contribution in [0.4, 0.5) is 5.69 Å². The number of carbonyl (C=O) groups excluding carboxylic acids is 2. The molecule has 1 N–H and O–H groups in total. The Bertz CT molecular complexity index is 1050. The lowest BCUT2D eigenvalue weighted by Gasteiger charge is -2.34. The Balaban J connectivity index is 1.47. The van der Waals surface area contributed by atoms with Gasteiger partial charge in [0.2, 0.25) is 0 Å². The third-order valence-corrected chi connectivity index (χ3v) is 5.98. The molecule has 1 unspecified atom stereocenters. The van der Waals surface area contributed by atoms with Gasteiger partial charge in [-0.1, -0.05) is 12.1 Å². The van der Waals surface area contributed by atoms with Crippen LogP contribution >= 0.6 is 11.3 Å². The molecule has 5 rings (SSSR count). The van der Waals surface area contributed by atoms with Gasteiger partial charge in [-0.2, -0.15) is 0 Å². The fourth-order valence-corrected chi connectivity index (χ4v) is 4.53. The fourth-order valence-electron chi connectivity index (χ4n) is 3.47. The minimum absolute atomic E-state index is 0.0105. The van der Waals surface area contributed by atoms with Crippen LogP contribution in [0, 0.1) is 0 Å². The van der Waals surface area contributed by atoms with Gasteiger partial charge in [0.05, 0.1) is 29.1 Å². The molecule has 142 valence electrons. The second-order valence-electron chi connectivity index (χ2n) is 6.66. The molecule has 28 heavy (non-hydrogen) atoms. The second kappa shape index (κ2) is 6.88. The average Bonchev–Trinajstić information content (AvgIpc) is 3.17. The van der Waals surface area contributed by atoms with Crippen molar-refractivity contribution in [1.82, 2.24) is 9.88 Å². The summed E-state index contributed by atoms with van der Waals surface area (Å²) in [5, 5.41) is 3.61. The summed E-state index contributed by atoms with van der Waals surface area (Å²) in [4.78, 5) is 31.3. The van der Waals surface area contributed by atoms with E-state index in [-0.39, 0.29) is 24.5 Å². The second-order valence-corrected chi connectivity index (χ2v) is 7.72. The zero-order chi connectivity index (χ0) is 19.1. The van der Waals surface area contributed by atoms with E-state index in [2.05, 4.69) is 5.32 Å². The fraction of sp³-hybridized carbons (Fsp3) is 0.250. The molecule has 0 aliphatic carbocycles. The maximum absolute atomic E-state index is 13.3.